The second-order valence-electron chi connectivity index (χ2n) is 4.34. The number of hydrogen-bond donors (Lipinski definition) is 0. The molecule has 25 heavy (non-hydrogen) atoms. The van der Waals surface area contributed by atoms with Crippen LogP contribution in [0.3, 0.4) is 0 Å². The normalized spacial score (nSPS) is 17.3. The number of carbonyl (C=O) groups excluding carboxylic acids is 4. The van der Waals surface area contributed by atoms with Crippen molar-refractivity contribution in [3.05, 3.63) is 33.4 Å². The third-order valence-electron chi connectivity index (χ3n) is 2.35. The van der Waals surface area contributed by atoms with Crippen LogP contribution in [-0.4, -0.2) is 29.2 Å². The summed E-state index contributed by atoms with van der Waals surface area (Å²) in [4.78, 5) is 46.7. The van der Waals surface area contributed by atoms with Gasteiger partial charge >= 0.3 is 128 Å². The number of halogens is 3. The van der Waals surface area contributed by atoms with Crippen LogP contribution in [0.5, 0.6) is 0 Å². The van der Waals surface area contributed by atoms with Gasteiger partial charge in [-0.15, -0.1) is 23.2 Å². The largest absolute Gasteiger partial charge is 0.109 e. The van der Waals surface area contributed by atoms with Gasteiger partial charge in [-0.1, -0.05) is 0 Å². The van der Waals surface area contributed by atoms with Crippen LogP contribution in [0.2, 0.25) is 0 Å². The van der Waals surface area contributed by atoms with Crippen molar-refractivity contribution >= 4 is 65.8 Å². The topological polar surface area (TPSA) is 105 Å². The molecular weight excluding hydrogens is 494 g/mol. The van der Waals surface area contributed by atoms with Crippen LogP contribution < -0.4 is 0 Å². The summed E-state index contributed by atoms with van der Waals surface area (Å²) in [5.41, 5.74) is 0.0142. The van der Waals surface area contributed by atoms with Gasteiger partial charge in [-0.2, -0.15) is 0 Å². The Morgan fingerprint density at radius 1 is 0.960 bits per heavy atom. The summed E-state index contributed by atoms with van der Waals surface area (Å²) in [7, 11) is 0. The van der Waals surface area contributed by atoms with Crippen LogP contribution in [-0.2, 0) is 26.6 Å². The summed E-state index contributed by atoms with van der Waals surface area (Å²) in [5, 5.41) is 0.194. The Morgan fingerprint density at radius 3 is 1.76 bits per heavy atom. The molecule has 0 saturated heterocycles. The summed E-state index contributed by atoms with van der Waals surface area (Å²) >= 11 is 3.50. The van der Waals surface area contributed by atoms with Gasteiger partial charge in [0.15, 0.2) is 0 Å². The van der Waals surface area contributed by atoms with Crippen LogP contribution in [0.1, 0.15) is 31.1 Å². The van der Waals surface area contributed by atoms with E-state index in [1.165, 1.54) is 18.2 Å². The minimum Gasteiger partial charge on any atom is -0.109 e. The van der Waals surface area contributed by atoms with E-state index in [-0.39, 0.29) is 14.5 Å². The first-order valence-corrected chi connectivity index (χ1v) is 12.2. The molecule has 1 aliphatic heterocycles. The standard InChI is InChI=1S/C13H13IO8.CH2Cl2/c1-8(15)19-14(20-9(2)16,21-10(3)17)12-7-5-4-6-11(12)13(18)22-14;2-1-3/h4-7H,1-3H3;1H2. The Labute approximate surface area is 156 Å². The fraction of sp³-hybridized carbons (Fsp3) is 0.286. The molecule has 0 unspecified atom stereocenters. The van der Waals surface area contributed by atoms with E-state index >= 15 is 0 Å². The number of benzene rings is 1. The van der Waals surface area contributed by atoms with E-state index in [2.05, 4.69) is 0 Å². The summed E-state index contributed by atoms with van der Waals surface area (Å²) in [6.45, 7) is 3.07. The first-order valence-electron chi connectivity index (χ1n) is 6.55. The van der Waals surface area contributed by atoms with Crippen molar-refractivity contribution in [3.8, 4) is 0 Å². The SMILES string of the molecule is CC(=O)OI1(OC(C)=O)(OC(C)=O)OC(=O)c2ccccc21.ClCCl. The molecule has 0 atom stereocenters. The van der Waals surface area contributed by atoms with Crippen LogP contribution in [0.25, 0.3) is 0 Å². The van der Waals surface area contributed by atoms with E-state index in [1.807, 2.05) is 0 Å². The molecule has 0 saturated carbocycles. The first-order chi connectivity index (χ1) is 11.6. The Bertz CT molecular complexity index is 668. The smallest absolute Gasteiger partial charge is 0.0967 e. The van der Waals surface area contributed by atoms with Gasteiger partial charge in [-0.05, 0) is 0 Å². The molecule has 1 heterocycles. The monoisotopic (exact) mass is 508 g/mol. The molecule has 1 aromatic carbocycles. The first kappa shape index (κ1) is 21.5. The van der Waals surface area contributed by atoms with Gasteiger partial charge in [0, 0.05) is 0 Å². The molecule has 8 nitrogen and oxygen atoms in total. The van der Waals surface area contributed by atoms with E-state index in [0.717, 1.165) is 20.8 Å². The minimum atomic E-state index is -6.03. The molecule has 11 heteroatoms. The van der Waals surface area contributed by atoms with Gasteiger partial charge in [0.05, 0.1) is 5.34 Å². The van der Waals surface area contributed by atoms with E-state index < -0.39 is 42.6 Å². The van der Waals surface area contributed by atoms with Crippen LogP contribution >= 0.6 is 41.9 Å². The van der Waals surface area contributed by atoms with Crippen LogP contribution in [0.15, 0.2) is 24.3 Å². The zero-order chi connectivity index (χ0) is 19.3. The second kappa shape index (κ2) is 8.19. The third-order valence-corrected chi connectivity index (χ3v) is 10.5. The summed E-state index contributed by atoms with van der Waals surface area (Å²) < 4.78 is 20.5. The molecule has 1 aromatic rings. The maximum absolute atomic E-state index is 12.1. The number of rotatable bonds is 3. The quantitative estimate of drug-likeness (QED) is 0.452. The Kier molecular flexibility index (Phi) is 7.03. The van der Waals surface area contributed by atoms with Crippen molar-refractivity contribution in [2.24, 2.45) is 0 Å². The minimum absolute atomic E-state index is 0.0142. The van der Waals surface area contributed by atoms with Crippen LogP contribution in [0, 0.1) is 3.57 Å². The Balaban J connectivity index is 0.000000970. The molecule has 0 aromatic heterocycles. The van der Waals surface area contributed by atoms with E-state index in [4.69, 9.17) is 35.5 Å². The summed E-state index contributed by atoms with van der Waals surface area (Å²) in [6.07, 6.45) is 0. The molecule has 0 fully saturated rings. The van der Waals surface area contributed by atoms with Crippen molar-refractivity contribution in [1.29, 1.82) is 0 Å². The van der Waals surface area contributed by atoms with Crippen molar-refractivity contribution in [1.82, 2.24) is 0 Å². The van der Waals surface area contributed by atoms with E-state index in [1.54, 1.807) is 6.07 Å². The number of carbonyl (C=O) groups is 4. The van der Waals surface area contributed by atoms with Gasteiger partial charge in [-0.3, -0.25) is 0 Å². The molecule has 0 amide bonds. The van der Waals surface area contributed by atoms with Crippen molar-refractivity contribution in [2.75, 3.05) is 5.34 Å². The maximum atomic E-state index is 12.1. The predicted octanol–water partition coefficient (Wildman–Crippen LogP) is 3.38. The van der Waals surface area contributed by atoms with Crippen molar-refractivity contribution < 1.29 is 31.4 Å². The number of fused-ring (bicyclic) bond motifs is 1. The summed E-state index contributed by atoms with van der Waals surface area (Å²) in [6, 6.07) is 5.81. The molecular formula is C14H15Cl2IO8. The number of hydrogen-bond acceptors (Lipinski definition) is 8. The van der Waals surface area contributed by atoms with Gasteiger partial charge in [0.2, 0.25) is 0 Å². The fourth-order valence-corrected chi connectivity index (χ4v) is 9.65. The molecule has 0 radical (unpaired) electrons. The van der Waals surface area contributed by atoms with Gasteiger partial charge in [-0.25, -0.2) is 0 Å². The average Bonchev–Trinajstić information content (AvgIpc) is 2.67. The molecule has 1 aliphatic rings. The van der Waals surface area contributed by atoms with Crippen LogP contribution in [0.4, 0.5) is 0 Å². The maximum Gasteiger partial charge on any atom is 0.0967 e. The molecule has 140 valence electrons. The molecule has 0 spiro atoms. The van der Waals surface area contributed by atoms with Gasteiger partial charge in [0.1, 0.15) is 0 Å². The zero-order valence-corrected chi connectivity index (χ0v) is 17.1. The third kappa shape index (κ3) is 4.53. The van der Waals surface area contributed by atoms with E-state index in [9.17, 15) is 19.2 Å². The van der Waals surface area contributed by atoms with E-state index in [0.29, 0.717) is 0 Å². The molecule has 0 N–H and O–H groups in total. The molecule has 0 aliphatic carbocycles. The number of alkyl halides is 2. The summed E-state index contributed by atoms with van der Waals surface area (Å²) in [5.74, 6) is -3.64. The average molecular weight is 509 g/mol. The zero-order valence-electron chi connectivity index (χ0n) is 13.4. The second-order valence-corrected chi connectivity index (χ2v) is 12.0. The molecule has 0 bridgehead atoms. The van der Waals surface area contributed by atoms with Crippen molar-refractivity contribution in [3.63, 3.8) is 0 Å². The van der Waals surface area contributed by atoms with Gasteiger partial charge < -0.3 is 0 Å². The Morgan fingerprint density at radius 2 is 1.36 bits per heavy atom. The van der Waals surface area contributed by atoms with Crippen molar-refractivity contribution in [2.45, 2.75) is 20.8 Å². The fourth-order valence-electron chi connectivity index (χ4n) is 1.88. The predicted molar refractivity (Wildman–Crippen MR) is 96.4 cm³/mol. The Hall–Kier alpha value is -1.59. The van der Waals surface area contributed by atoms with Gasteiger partial charge in [0.25, 0.3) is 0 Å². The molecule has 2 rings (SSSR count).